The van der Waals surface area contributed by atoms with E-state index >= 15 is 0 Å². The molecule has 6 heteroatoms. The third-order valence-electron chi connectivity index (χ3n) is 2.13. The van der Waals surface area contributed by atoms with Crippen molar-refractivity contribution in [1.82, 2.24) is 10.2 Å². The molecule has 5 nitrogen and oxygen atoms in total. The monoisotopic (exact) mass is 214 g/mol. The van der Waals surface area contributed by atoms with E-state index in [1.165, 1.54) is 0 Å². The molecule has 1 aliphatic heterocycles. The van der Waals surface area contributed by atoms with Crippen LogP contribution in [0.4, 0.5) is 12.0 Å². The topological polar surface area (TPSA) is 68.2 Å². The van der Waals surface area contributed by atoms with E-state index in [1.807, 2.05) is 11.8 Å². The van der Waals surface area contributed by atoms with Crippen molar-refractivity contribution in [3.63, 3.8) is 0 Å². The Balaban J connectivity index is 2.12. The van der Waals surface area contributed by atoms with Gasteiger partial charge in [0.2, 0.25) is 0 Å². The number of hydrogen-bond acceptors (Lipinski definition) is 6. The van der Waals surface area contributed by atoms with Crippen LogP contribution < -0.4 is 10.6 Å². The van der Waals surface area contributed by atoms with Crippen molar-refractivity contribution in [2.24, 2.45) is 0 Å². The Morgan fingerprint density at radius 3 is 2.86 bits per heavy atom. The second kappa shape index (κ2) is 3.34. The van der Waals surface area contributed by atoms with Gasteiger partial charge in [0.1, 0.15) is 0 Å². The number of thioether (sulfide) groups is 1. The molecule has 78 valence electrons. The Morgan fingerprint density at radius 1 is 1.50 bits per heavy atom. The number of rotatable bonds is 1. The highest BCUT2D eigenvalue weighted by Gasteiger charge is 2.29. The average Bonchev–Trinajstić information content (AvgIpc) is 2.50. The van der Waals surface area contributed by atoms with E-state index in [4.69, 9.17) is 10.2 Å². The molecule has 1 fully saturated rings. The highest BCUT2D eigenvalue weighted by molar-refractivity contribution is 8.00. The Morgan fingerprint density at radius 2 is 2.29 bits per heavy atom. The summed E-state index contributed by atoms with van der Waals surface area (Å²) >= 11 is 1.96. The first-order valence-electron chi connectivity index (χ1n) is 4.55. The highest BCUT2D eigenvalue weighted by atomic mass is 32.2. The summed E-state index contributed by atoms with van der Waals surface area (Å²) in [6, 6.07) is 0.673. The largest absolute Gasteiger partial charge is 0.390 e. The van der Waals surface area contributed by atoms with Gasteiger partial charge in [0.15, 0.2) is 0 Å². The van der Waals surface area contributed by atoms with Crippen LogP contribution in [0.5, 0.6) is 0 Å². The van der Waals surface area contributed by atoms with Gasteiger partial charge in [-0.25, -0.2) is 0 Å². The maximum atomic E-state index is 5.38. The van der Waals surface area contributed by atoms with Crippen LogP contribution in [-0.2, 0) is 0 Å². The second-order valence-corrected chi connectivity index (χ2v) is 5.75. The molecule has 0 aromatic carbocycles. The van der Waals surface area contributed by atoms with Gasteiger partial charge >= 0.3 is 12.0 Å². The zero-order valence-corrected chi connectivity index (χ0v) is 9.17. The van der Waals surface area contributed by atoms with Crippen molar-refractivity contribution in [2.75, 3.05) is 29.5 Å². The van der Waals surface area contributed by atoms with Crippen molar-refractivity contribution in [1.29, 1.82) is 0 Å². The summed E-state index contributed by atoms with van der Waals surface area (Å²) in [5.74, 6) is 1.08. The zero-order valence-electron chi connectivity index (χ0n) is 8.36. The lowest BCUT2D eigenvalue weighted by Gasteiger charge is -2.36. The SMILES string of the molecule is CC1(C)CN(c2nnc(N)o2)CCS1. The molecule has 0 radical (unpaired) electrons. The van der Waals surface area contributed by atoms with Crippen LogP contribution in [0, 0.1) is 0 Å². The molecule has 2 heterocycles. The van der Waals surface area contributed by atoms with Gasteiger partial charge in [-0.1, -0.05) is 10.2 Å². The minimum Gasteiger partial charge on any atom is -0.390 e. The van der Waals surface area contributed by atoms with Gasteiger partial charge in [0.25, 0.3) is 0 Å². The van der Waals surface area contributed by atoms with E-state index < -0.39 is 0 Å². The Hall–Kier alpha value is -0.910. The van der Waals surface area contributed by atoms with Crippen LogP contribution in [0.1, 0.15) is 13.8 Å². The summed E-state index contributed by atoms with van der Waals surface area (Å²) in [7, 11) is 0. The molecule has 0 aliphatic carbocycles. The van der Waals surface area contributed by atoms with Crippen LogP contribution in [-0.4, -0.2) is 33.8 Å². The predicted molar refractivity (Wildman–Crippen MR) is 57.5 cm³/mol. The minimum atomic E-state index is 0.135. The van der Waals surface area contributed by atoms with E-state index in [9.17, 15) is 0 Å². The Labute approximate surface area is 87.0 Å². The van der Waals surface area contributed by atoms with Crippen LogP contribution in [0.15, 0.2) is 4.42 Å². The number of nitrogen functional groups attached to an aromatic ring is 1. The molecule has 2 N–H and O–H groups in total. The van der Waals surface area contributed by atoms with Gasteiger partial charge in [-0.15, -0.1) is 0 Å². The Kier molecular flexibility index (Phi) is 2.30. The van der Waals surface area contributed by atoms with Gasteiger partial charge < -0.3 is 15.1 Å². The third-order valence-corrected chi connectivity index (χ3v) is 3.42. The maximum Gasteiger partial charge on any atom is 0.319 e. The van der Waals surface area contributed by atoms with Crippen molar-refractivity contribution >= 4 is 23.8 Å². The number of hydrogen-bond donors (Lipinski definition) is 1. The second-order valence-electron chi connectivity index (χ2n) is 3.95. The third kappa shape index (κ3) is 1.95. The lowest BCUT2D eigenvalue weighted by Crippen LogP contribution is -2.43. The van der Waals surface area contributed by atoms with E-state index in [2.05, 4.69) is 28.9 Å². The van der Waals surface area contributed by atoms with Gasteiger partial charge in [-0.2, -0.15) is 11.8 Å². The van der Waals surface area contributed by atoms with E-state index in [0.29, 0.717) is 6.01 Å². The van der Waals surface area contributed by atoms with Crippen LogP contribution in [0.25, 0.3) is 0 Å². The molecule has 1 aromatic heterocycles. The average molecular weight is 214 g/mol. The summed E-state index contributed by atoms with van der Waals surface area (Å²) in [5, 5.41) is 7.53. The summed E-state index contributed by atoms with van der Waals surface area (Å²) in [5.41, 5.74) is 5.38. The van der Waals surface area contributed by atoms with E-state index in [1.54, 1.807) is 0 Å². The van der Waals surface area contributed by atoms with Crippen LogP contribution in [0.2, 0.25) is 0 Å². The lowest BCUT2D eigenvalue weighted by molar-refractivity contribution is 0.528. The molecule has 0 amide bonds. The molecule has 1 aromatic rings. The molecule has 1 aliphatic rings. The molecule has 2 rings (SSSR count). The van der Waals surface area contributed by atoms with E-state index in [-0.39, 0.29) is 10.8 Å². The fourth-order valence-corrected chi connectivity index (χ4v) is 2.65. The summed E-state index contributed by atoms with van der Waals surface area (Å²) in [6.07, 6.45) is 0. The van der Waals surface area contributed by atoms with Crippen LogP contribution >= 0.6 is 11.8 Å². The number of anilines is 2. The first kappa shape index (κ1) is 9.64. The lowest BCUT2D eigenvalue weighted by atomic mass is 10.2. The highest BCUT2D eigenvalue weighted by Crippen LogP contribution is 2.31. The van der Waals surface area contributed by atoms with Gasteiger partial charge in [-0.05, 0) is 13.8 Å². The molecular weight excluding hydrogens is 200 g/mol. The minimum absolute atomic E-state index is 0.135. The van der Waals surface area contributed by atoms with E-state index in [0.717, 1.165) is 18.8 Å². The molecule has 0 atom stereocenters. The first-order valence-corrected chi connectivity index (χ1v) is 5.53. The molecule has 0 bridgehead atoms. The smallest absolute Gasteiger partial charge is 0.319 e. The number of nitrogens with two attached hydrogens (primary N) is 1. The summed E-state index contributed by atoms with van der Waals surface area (Å²) in [6.45, 7) is 6.28. The normalized spacial score (nSPS) is 21.1. The van der Waals surface area contributed by atoms with Crippen molar-refractivity contribution in [3.05, 3.63) is 0 Å². The Bertz CT molecular complexity index is 325. The van der Waals surface area contributed by atoms with Crippen molar-refractivity contribution in [3.8, 4) is 0 Å². The molecule has 1 saturated heterocycles. The quantitative estimate of drug-likeness (QED) is 0.751. The zero-order chi connectivity index (χ0) is 10.2. The predicted octanol–water partition coefficient (Wildman–Crippen LogP) is 0.984. The molecule has 14 heavy (non-hydrogen) atoms. The molecule has 0 saturated carbocycles. The number of nitrogens with zero attached hydrogens (tertiary/aromatic N) is 3. The van der Waals surface area contributed by atoms with Crippen molar-refractivity contribution in [2.45, 2.75) is 18.6 Å². The molecule has 0 unspecified atom stereocenters. The van der Waals surface area contributed by atoms with Gasteiger partial charge in [0.05, 0.1) is 0 Å². The molecule has 0 spiro atoms. The number of aromatic nitrogens is 2. The summed E-state index contributed by atoms with van der Waals surface area (Å²) in [4.78, 5) is 2.08. The van der Waals surface area contributed by atoms with Gasteiger partial charge in [-0.3, -0.25) is 0 Å². The first-order chi connectivity index (χ1) is 6.57. The summed E-state index contributed by atoms with van der Waals surface area (Å²) < 4.78 is 5.43. The molecular formula is C8H14N4OS. The standard InChI is InChI=1S/C8H14N4OS/c1-8(2)5-12(3-4-14-8)7-11-10-6(9)13-7/h3-5H2,1-2H3,(H2,9,10). The van der Waals surface area contributed by atoms with Crippen LogP contribution in [0.3, 0.4) is 0 Å². The fourth-order valence-electron chi connectivity index (χ4n) is 1.53. The fraction of sp³-hybridized carbons (Fsp3) is 0.750. The van der Waals surface area contributed by atoms with Crippen molar-refractivity contribution < 1.29 is 4.42 Å². The maximum absolute atomic E-state index is 5.38. The van der Waals surface area contributed by atoms with Gasteiger partial charge in [0, 0.05) is 23.6 Å².